The van der Waals surface area contributed by atoms with Crippen LogP contribution >= 0.6 is 11.6 Å². The van der Waals surface area contributed by atoms with Crippen LogP contribution in [-0.2, 0) is 9.53 Å². The number of alkyl halides is 1. The number of amides is 1. The number of hydrogen-bond acceptors (Lipinski definition) is 3. The maximum Gasteiger partial charge on any atom is 0.239 e. The number of hydrogen-bond donors (Lipinski definition) is 1. The van der Waals surface area contributed by atoms with Gasteiger partial charge in [0.25, 0.3) is 0 Å². The molecule has 3 fully saturated rings. The Balaban J connectivity index is 1.45. The predicted molar refractivity (Wildman–Crippen MR) is 125 cm³/mol. The number of likely N-dealkylation sites (tertiary alicyclic amines) is 1. The van der Waals surface area contributed by atoms with Gasteiger partial charge in [-0.2, -0.15) is 0 Å². The Kier molecular flexibility index (Phi) is 9.78. The van der Waals surface area contributed by atoms with Crippen LogP contribution in [0.15, 0.2) is 0 Å². The quantitative estimate of drug-likeness (QED) is 0.534. The molecule has 1 aliphatic heterocycles. The summed E-state index contributed by atoms with van der Waals surface area (Å²) in [5.74, 6) is 3.66. The lowest BCUT2D eigenvalue weighted by molar-refractivity contribution is -0.136. The number of nitrogens with one attached hydrogen (secondary N) is 1. The Morgan fingerprint density at radius 3 is 2.27 bits per heavy atom. The minimum Gasteiger partial charge on any atom is -0.384 e. The molecule has 1 amide bonds. The number of rotatable bonds is 8. The maximum atomic E-state index is 13.3. The van der Waals surface area contributed by atoms with Crippen LogP contribution in [0.4, 0.5) is 0 Å². The van der Waals surface area contributed by atoms with Crippen molar-refractivity contribution in [2.24, 2.45) is 29.6 Å². The van der Waals surface area contributed by atoms with E-state index in [1.807, 2.05) is 0 Å². The average molecular weight is 441 g/mol. The Morgan fingerprint density at radius 1 is 1.00 bits per heavy atom. The lowest BCUT2D eigenvalue weighted by atomic mass is 9.75. The van der Waals surface area contributed by atoms with Crippen molar-refractivity contribution in [2.75, 3.05) is 33.4 Å². The molecule has 0 aromatic rings. The fourth-order valence-electron chi connectivity index (χ4n) is 6.21. The summed E-state index contributed by atoms with van der Waals surface area (Å²) in [6, 6.07) is -0.0453. The smallest absolute Gasteiger partial charge is 0.239 e. The molecule has 30 heavy (non-hydrogen) atoms. The number of halogens is 1. The van der Waals surface area contributed by atoms with Crippen LogP contribution < -0.4 is 5.32 Å². The summed E-state index contributed by atoms with van der Waals surface area (Å²) in [6.45, 7) is 8.09. The summed E-state index contributed by atoms with van der Waals surface area (Å²) in [4.78, 5) is 15.5. The molecule has 174 valence electrons. The molecule has 3 aliphatic rings. The van der Waals surface area contributed by atoms with E-state index in [1.54, 1.807) is 7.11 Å². The highest BCUT2D eigenvalue weighted by Gasteiger charge is 2.34. The molecule has 4 nitrogen and oxygen atoms in total. The van der Waals surface area contributed by atoms with Crippen molar-refractivity contribution in [1.82, 2.24) is 10.2 Å². The zero-order chi connectivity index (χ0) is 21.5. The Bertz CT molecular complexity index is 511. The molecule has 1 saturated heterocycles. The van der Waals surface area contributed by atoms with E-state index in [-0.39, 0.29) is 6.04 Å². The van der Waals surface area contributed by atoms with E-state index in [0.29, 0.717) is 29.0 Å². The summed E-state index contributed by atoms with van der Waals surface area (Å²) in [5, 5.41) is 4.08. The second-order valence-corrected chi connectivity index (χ2v) is 11.3. The zero-order valence-electron chi connectivity index (χ0n) is 19.6. The Labute approximate surface area is 189 Å². The third kappa shape index (κ3) is 6.84. The maximum absolute atomic E-state index is 13.3. The number of carbonyl (C=O) groups excluding carboxylic acids is 1. The summed E-state index contributed by atoms with van der Waals surface area (Å²) < 4.78 is 5.38. The summed E-state index contributed by atoms with van der Waals surface area (Å²) in [6.07, 6.45) is 12.4. The van der Waals surface area contributed by atoms with E-state index in [1.165, 1.54) is 64.2 Å². The number of piperidine rings is 1. The van der Waals surface area contributed by atoms with Gasteiger partial charge in [0.15, 0.2) is 0 Å². The fourth-order valence-corrected chi connectivity index (χ4v) is 6.47. The van der Waals surface area contributed by atoms with E-state index < -0.39 is 0 Å². The summed E-state index contributed by atoms with van der Waals surface area (Å²) >= 11 is 6.29. The van der Waals surface area contributed by atoms with Gasteiger partial charge in [0.1, 0.15) is 0 Å². The first-order chi connectivity index (χ1) is 14.5. The second kappa shape index (κ2) is 12.1. The van der Waals surface area contributed by atoms with Gasteiger partial charge in [-0.3, -0.25) is 4.79 Å². The Hall–Kier alpha value is -0.320. The highest BCUT2D eigenvalue weighted by molar-refractivity contribution is 6.20. The molecule has 1 heterocycles. The van der Waals surface area contributed by atoms with Gasteiger partial charge in [0.05, 0.1) is 6.04 Å². The minimum atomic E-state index is -0.0453. The van der Waals surface area contributed by atoms with E-state index in [9.17, 15) is 4.79 Å². The highest BCUT2D eigenvalue weighted by Crippen LogP contribution is 2.37. The number of nitrogens with zero attached hydrogens (tertiary/aromatic N) is 1. The van der Waals surface area contributed by atoms with Crippen LogP contribution in [0.2, 0.25) is 0 Å². The van der Waals surface area contributed by atoms with Crippen LogP contribution in [0, 0.1) is 29.6 Å². The Morgan fingerprint density at radius 2 is 1.63 bits per heavy atom. The molecule has 3 atom stereocenters. The molecule has 0 unspecified atom stereocenters. The molecule has 0 aromatic heterocycles. The van der Waals surface area contributed by atoms with Gasteiger partial charge >= 0.3 is 0 Å². The number of carbonyl (C=O) groups is 1. The van der Waals surface area contributed by atoms with Gasteiger partial charge in [-0.05, 0) is 93.9 Å². The molecule has 0 spiro atoms. The van der Waals surface area contributed by atoms with E-state index in [0.717, 1.165) is 38.1 Å². The first kappa shape index (κ1) is 24.3. The molecule has 0 aromatic carbocycles. The van der Waals surface area contributed by atoms with Crippen LogP contribution in [0.5, 0.6) is 0 Å². The topological polar surface area (TPSA) is 41.6 Å². The van der Waals surface area contributed by atoms with Crippen LogP contribution in [0.1, 0.15) is 78.1 Å². The molecule has 0 radical (unpaired) electrons. The predicted octanol–water partition coefficient (Wildman–Crippen LogP) is 5.09. The van der Waals surface area contributed by atoms with Crippen molar-refractivity contribution in [2.45, 2.75) is 89.5 Å². The first-order valence-corrected chi connectivity index (χ1v) is 13.1. The van der Waals surface area contributed by atoms with Crippen LogP contribution in [-0.4, -0.2) is 55.6 Å². The summed E-state index contributed by atoms with van der Waals surface area (Å²) in [5.41, 5.74) is 0. The van der Waals surface area contributed by atoms with Crippen molar-refractivity contribution in [3.8, 4) is 0 Å². The van der Waals surface area contributed by atoms with Crippen LogP contribution in [0.3, 0.4) is 0 Å². The van der Waals surface area contributed by atoms with Crippen molar-refractivity contribution >= 4 is 17.5 Å². The standard InChI is InChI=1S/C25H45ClN2O2/c1-18(2)24(27-16-19-5-4-6-20(15-19)17-30-3)25(29)28-13-11-22(12-14-28)21-7-9-23(26)10-8-21/h18-24,27H,4-17H2,1-3H3/t19-,20+,21?,23?,24-/m1/s1. The lowest BCUT2D eigenvalue weighted by Gasteiger charge is -2.40. The third-order valence-corrected chi connectivity index (χ3v) is 8.51. The second-order valence-electron chi connectivity index (χ2n) is 10.7. The molecule has 2 saturated carbocycles. The monoisotopic (exact) mass is 440 g/mol. The largest absolute Gasteiger partial charge is 0.384 e. The zero-order valence-corrected chi connectivity index (χ0v) is 20.3. The molecule has 2 aliphatic carbocycles. The number of ether oxygens (including phenoxy) is 1. The van der Waals surface area contributed by atoms with Gasteiger partial charge in [0, 0.05) is 32.2 Å². The minimum absolute atomic E-state index is 0.0453. The van der Waals surface area contributed by atoms with Crippen molar-refractivity contribution in [3.05, 3.63) is 0 Å². The first-order valence-electron chi connectivity index (χ1n) is 12.6. The lowest BCUT2D eigenvalue weighted by Crippen LogP contribution is -2.52. The SMILES string of the molecule is COC[C@H]1CCC[C@@H](CN[C@@H](C(=O)N2CCC(C3CCC(Cl)CC3)CC2)C(C)C)C1. The molecule has 0 bridgehead atoms. The fraction of sp³-hybridized carbons (Fsp3) is 0.960. The van der Waals surface area contributed by atoms with Crippen molar-refractivity contribution in [1.29, 1.82) is 0 Å². The van der Waals surface area contributed by atoms with Gasteiger partial charge in [-0.15, -0.1) is 11.6 Å². The average Bonchev–Trinajstić information content (AvgIpc) is 2.75. The van der Waals surface area contributed by atoms with Gasteiger partial charge in [-0.1, -0.05) is 20.3 Å². The molecule has 3 rings (SSSR count). The van der Waals surface area contributed by atoms with Gasteiger partial charge < -0.3 is 15.0 Å². The molecular formula is C25H45ClN2O2. The van der Waals surface area contributed by atoms with Gasteiger partial charge in [-0.25, -0.2) is 0 Å². The van der Waals surface area contributed by atoms with E-state index in [2.05, 4.69) is 24.1 Å². The van der Waals surface area contributed by atoms with Crippen molar-refractivity contribution in [3.63, 3.8) is 0 Å². The normalized spacial score (nSPS) is 32.4. The van der Waals surface area contributed by atoms with Crippen LogP contribution in [0.25, 0.3) is 0 Å². The molecular weight excluding hydrogens is 396 g/mol. The van der Waals surface area contributed by atoms with E-state index >= 15 is 0 Å². The molecule has 5 heteroatoms. The summed E-state index contributed by atoms with van der Waals surface area (Å²) in [7, 11) is 1.81. The molecule has 1 N–H and O–H groups in total. The van der Waals surface area contributed by atoms with E-state index in [4.69, 9.17) is 16.3 Å². The van der Waals surface area contributed by atoms with Gasteiger partial charge in [0.2, 0.25) is 5.91 Å². The number of methoxy groups -OCH3 is 1. The third-order valence-electron chi connectivity index (χ3n) is 8.07. The highest BCUT2D eigenvalue weighted by atomic mass is 35.5. The van der Waals surface area contributed by atoms with Crippen molar-refractivity contribution < 1.29 is 9.53 Å².